The molecule has 3 rings (SSSR count). The first kappa shape index (κ1) is 27.8. The van der Waals surface area contributed by atoms with Crippen molar-refractivity contribution in [3.63, 3.8) is 0 Å². The van der Waals surface area contributed by atoms with Gasteiger partial charge in [0, 0.05) is 27.6 Å². The summed E-state index contributed by atoms with van der Waals surface area (Å²) in [7, 11) is 0. The molecule has 194 valence electrons. The van der Waals surface area contributed by atoms with Crippen molar-refractivity contribution in [2.24, 2.45) is 0 Å². The Morgan fingerprint density at radius 3 is 2.08 bits per heavy atom. The Kier molecular flexibility index (Phi) is 7.16. The van der Waals surface area contributed by atoms with Gasteiger partial charge in [0.05, 0.1) is 10.5 Å². The van der Waals surface area contributed by atoms with Crippen molar-refractivity contribution in [2.45, 2.75) is 28.4 Å². The molecule has 0 aliphatic rings. The number of anilines is 1. The Morgan fingerprint density at radius 2 is 1.53 bits per heavy atom. The quantitative estimate of drug-likeness (QED) is 0.151. The van der Waals surface area contributed by atoms with Gasteiger partial charge in [0.25, 0.3) is 5.91 Å². The number of thioether (sulfide) groups is 1. The average molecular weight is 567 g/mol. The van der Waals surface area contributed by atoms with Crippen LogP contribution in [0.15, 0.2) is 53.6 Å². The van der Waals surface area contributed by atoms with Gasteiger partial charge in [-0.1, -0.05) is 23.7 Å². The van der Waals surface area contributed by atoms with Crippen LogP contribution in [0.2, 0.25) is 5.02 Å². The number of fused-ring (bicyclic) bond motifs is 1. The summed E-state index contributed by atoms with van der Waals surface area (Å²) >= 11 is 4.33. The predicted octanol–water partition coefficient (Wildman–Crippen LogP) is 7.83. The van der Waals surface area contributed by atoms with Gasteiger partial charge in [-0.05, 0) is 42.1 Å². The molecule has 16 heteroatoms. The number of alkyl halides is 10. The fraction of sp³-hybridized carbons (Fsp3) is 0.200. The Hall–Kier alpha value is -2.78. The van der Waals surface area contributed by atoms with Gasteiger partial charge in [-0.15, -0.1) is 0 Å². The van der Waals surface area contributed by atoms with Gasteiger partial charge in [0.15, 0.2) is 0 Å². The van der Waals surface area contributed by atoms with Crippen molar-refractivity contribution >= 4 is 45.9 Å². The highest BCUT2D eigenvalue weighted by molar-refractivity contribution is 8.00. The second-order valence-electron chi connectivity index (χ2n) is 7.03. The van der Waals surface area contributed by atoms with E-state index < -0.39 is 73.5 Å². The molecule has 1 heterocycles. The molecule has 0 saturated heterocycles. The summed E-state index contributed by atoms with van der Waals surface area (Å²) in [6.07, 6.45) is -12.0. The molecule has 0 aliphatic carbocycles. The molecule has 0 spiro atoms. The number of hydrogen-bond acceptors (Lipinski definition) is 4. The van der Waals surface area contributed by atoms with E-state index >= 15 is 0 Å². The van der Waals surface area contributed by atoms with Crippen molar-refractivity contribution in [3.8, 4) is 0 Å². The fourth-order valence-electron chi connectivity index (χ4n) is 3.09. The summed E-state index contributed by atoms with van der Waals surface area (Å²) in [5.41, 5.74) is -15.3. The number of benzene rings is 2. The molecule has 4 nitrogen and oxygen atoms in total. The third-order valence-corrected chi connectivity index (χ3v) is 5.74. The summed E-state index contributed by atoms with van der Waals surface area (Å²) in [6.45, 7) is 0. The normalized spacial score (nSPS) is 13.2. The smallest absolute Gasteiger partial charge is 0.281 e. The number of halogens is 11. The predicted molar refractivity (Wildman–Crippen MR) is 109 cm³/mol. The molecule has 1 N–H and O–H groups in total. The summed E-state index contributed by atoms with van der Waals surface area (Å²) in [4.78, 5) is 15.1. The molecule has 1 amide bonds. The number of amides is 1. The maximum absolute atomic E-state index is 14.5. The van der Waals surface area contributed by atoms with Gasteiger partial charge in [0.2, 0.25) is 0 Å². The van der Waals surface area contributed by atoms with Crippen LogP contribution < -0.4 is 5.06 Å². The molecule has 0 aliphatic heterocycles. The summed E-state index contributed by atoms with van der Waals surface area (Å²) in [5.74, 6) is -1.46. The molecule has 0 bridgehead atoms. The van der Waals surface area contributed by atoms with E-state index in [9.17, 15) is 53.9 Å². The van der Waals surface area contributed by atoms with E-state index in [1.54, 1.807) is 12.1 Å². The van der Waals surface area contributed by atoms with E-state index in [0.29, 0.717) is 5.39 Å². The lowest BCUT2D eigenvalue weighted by molar-refractivity contribution is -0.348. The molecule has 0 fully saturated rings. The SMILES string of the molecule is O=C(c1ccc2cccnc2c1)N(O)c1c(Cl)cc(C(F)(C(F)(F)F)C(F)(F)F)cc1SC(F)(F)F. The van der Waals surface area contributed by atoms with Gasteiger partial charge < -0.3 is 0 Å². The van der Waals surface area contributed by atoms with E-state index in [-0.39, 0.29) is 17.1 Å². The van der Waals surface area contributed by atoms with Crippen LogP contribution >= 0.6 is 23.4 Å². The second-order valence-corrected chi connectivity index (χ2v) is 8.55. The molecular formula is C20H9ClF10N2O2S. The van der Waals surface area contributed by atoms with Crippen LogP contribution in [0.1, 0.15) is 15.9 Å². The van der Waals surface area contributed by atoms with Gasteiger partial charge in [-0.25, -0.2) is 4.39 Å². The maximum atomic E-state index is 14.5. The minimum absolute atomic E-state index is 0.209. The summed E-state index contributed by atoms with van der Waals surface area (Å²) in [6, 6.07) is 6.02. The van der Waals surface area contributed by atoms with Crippen LogP contribution in [0.5, 0.6) is 0 Å². The first-order chi connectivity index (χ1) is 16.4. The van der Waals surface area contributed by atoms with E-state index in [1.807, 2.05) is 0 Å². The van der Waals surface area contributed by atoms with Gasteiger partial charge in [-0.3, -0.25) is 15.0 Å². The second kappa shape index (κ2) is 9.27. The number of hydrogen-bond donors (Lipinski definition) is 1. The minimum Gasteiger partial charge on any atom is -0.281 e. The Morgan fingerprint density at radius 1 is 0.917 bits per heavy atom. The highest BCUT2D eigenvalue weighted by atomic mass is 35.5. The number of hydroxylamine groups is 1. The molecule has 2 aromatic carbocycles. The lowest BCUT2D eigenvalue weighted by atomic mass is 9.94. The molecule has 0 radical (unpaired) electrons. The number of nitrogens with zero attached hydrogens (tertiary/aromatic N) is 2. The van der Waals surface area contributed by atoms with E-state index in [2.05, 4.69) is 4.98 Å². The van der Waals surface area contributed by atoms with E-state index in [4.69, 9.17) is 11.6 Å². The Labute approximate surface area is 203 Å². The van der Waals surface area contributed by atoms with Gasteiger partial charge >= 0.3 is 23.5 Å². The molecule has 0 unspecified atom stereocenters. The molecule has 0 saturated carbocycles. The molecule has 1 aromatic heterocycles. The monoisotopic (exact) mass is 566 g/mol. The van der Waals surface area contributed by atoms with Gasteiger partial charge in [0.1, 0.15) is 5.69 Å². The average Bonchev–Trinajstić information content (AvgIpc) is 2.74. The number of rotatable bonds is 4. The molecule has 36 heavy (non-hydrogen) atoms. The number of carbonyl (C=O) groups excluding carboxylic acids is 1. The van der Waals surface area contributed by atoms with Crippen molar-refractivity contribution in [1.82, 2.24) is 4.98 Å². The highest BCUT2D eigenvalue weighted by Gasteiger charge is 2.73. The Bertz CT molecular complexity index is 1300. The van der Waals surface area contributed by atoms with Crippen LogP contribution in [-0.4, -0.2) is 34.0 Å². The zero-order chi connectivity index (χ0) is 27.3. The van der Waals surface area contributed by atoms with Crippen molar-refractivity contribution in [2.75, 3.05) is 5.06 Å². The van der Waals surface area contributed by atoms with Crippen molar-refractivity contribution in [1.29, 1.82) is 0 Å². The number of carbonyl (C=O) groups is 1. The zero-order valence-corrected chi connectivity index (χ0v) is 18.5. The van der Waals surface area contributed by atoms with Crippen LogP contribution in [0.25, 0.3) is 10.9 Å². The van der Waals surface area contributed by atoms with E-state index in [1.165, 1.54) is 12.3 Å². The molecular weight excluding hydrogens is 558 g/mol. The topological polar surface area (TPSA) is 53.4 Å². The highest BCUT2D eigenvalue weighted by Crippen LogP contribution is 2.56. The van der Waals surface area contributed by atoms with Crippen LogP contribution in [0.3, 0.4) is 0 Å². The van der Waals surface area contributed by atoms with Crippen molar-refractivity contribution in [3.05, 3.63) is 64.8 Å². The zero-order valence-electron chi connectivity index (χ0n) is 16.9. The van der Waals surface area contributed by atoms with Crippen molar-refractivity contribution < 1.29 is 53.9 Å². The fourth-order valence-corrected chi connectivity index (χ4v) is 4.18. The minimum atomic E-state index is -6.65. The third kappa shape index (κ3) is 5.18. The van der Waals surface area contributed by atoms with Crippen LogP contribution in [-0.2, 0) is 5.67 Å². The lowest BCUT2D eigenvalue weighted by Crippen LogP contribution is -2.50. The first-order valence-electron chi connectivity index (χ1n) is 9.17. The van der Waals surface area contributed by atoms with E-state index in [0.717, 1.165) is 12.1 Å². The Balaban J connectivity index is 2.19. The van der Waals surface area contributed by atoms with Crippen LogP contribution in [0.4, 0.5) is 49.6 Å². The standard InChI is InChI=1S/C20H9ClF10N2O2S/c21-12-7-11(17(22,18(23,24)25)19(26,27)28)8-14(36-20(29,30)31)15(12)33(35)16(34)10-4-3-9-2-1-5-32-13(9)6-10/h1-8,35H. The largest absolute Gasteiger partial charge is 0.446 e. The number of pyridine rings is 1. The summed E-state index contributed by atoms with van der Waals surface area (Å²) in [5, 5.41) is 8.97. The third-order valence-electron chi connectivity index (χ3n) is 4.69. The molecule has 3 aromatic rings. The first-order valence-corrected chi connectivity index (χ1v) is 10.4. The maximum Gasteiger partial charge on any atom is 0.446 e. The summed E-state index contributed by atoms with van der Waals surface area (Å²) < 4.78 is 133. The van der Waals surface area contributed by atoms with Gasteiger partial charge in [-0.2, -0.15) is 44.6 Å². The lowest BCUT2D eigenvalue weighted by Gasteiger charge is -2.31. The molecule has 0 atom stereocenters. The van der Waals surface area contributed by atoms with Crippen LogP contribution in [0, 0.1) is 0 Å². The number of aromatic nitrogens is 1.